The minimum Gasteiger partial charge on any atom is -0.493 e. The lowest BCUT2D eigenvalue weighted by molar-refractivity contribution is -0.118. The van der Waals surface area contributed by atoms with Crippen LogP contribution < -0.4 is 14.8 Å². The second-order valence-corrected chi connectivity index (χ2v) is 6.04. The Balaban J connectivity index is 2.07. The molecule has 0 saturated carbocycles. The first kappa shape index (κ1) is 19.5. The third-order valence-corrected chi connectivity index (χ3v) is 4.05. The zero-order valence-corrected chi connectivity index (χ0v) is 15.8. The van der Waals surface area contributed by atoms with Gasteiger partial charge in [0.05, 0.1) is 13.2 Å². The molecule has 0 fully saturated rings. The summed E-state index contributed by atoms with van der Waals surface area (Å²) in [6, 6.07) is 9.38. The zero-order chi connectivity index (χ0) is 18.9. The minimum atomic E-state index is -0.133. The second-order valence-electron chi connectivity index (χ2n) is 6.04. The van der Waals surface area contributed by atoms with Gasteiger partial charge >= 0.3 is 0 Å². The van der Waals surface area contributed by atoms with Crippen LogP contribution in [0.2, 0.25) is 0 Å². The number of nitrogens with one attached hydrogen (secondary N) is 1. The normalized spacial score (nSPS) is 12.4. The number of hydrogen-bond acceptors (Lipinski definition) is 4. The molecule has 0 bridgehead atoms. The number of aromatic nitrogens is 1. The van der Waals surface area contributed by atoms with E-state index in [-0.39, 0.29) is 11.9 Å². The van der Waals surface area contributed by atoms with Crippen LogP contribution in [-0.2, 0) is 11.4 Å². The summed E-state index contributed by atoms with van der Waals surface area (Å²) in [5.74, 6) is 1.24. The Hall–Kier alpha value is -2.82. The third kappa shape index (κ3) is 5.34. The first-order valence-corrected chi connectivity index (χ1v) is 8.72. The Morgan fingerprint density at radius 3 is 2.62 bits per heavy atom. The first-order valence-electron chi connectivity index (χ1n) is 8.72. The van der Waals surface area contributed by atoms with Crippen molar-refractivity contribution in [2.75, 3.05) is 7.11 Å². The summed E-state index contributed by atoms with van der Waals surface area (Å²) in [6.07, 6.45) is 6.22. The van der Waals surface area contributed by atoms with Crippen LogP contribution in [0.1, 0.15) is 44.4 Å². The molecule has 1 N–H and O–H groups in total. The van der Waals surface area contributed by atoms with Gasteiger partial charge in [-0.05, 0) is 55.7 Å². The third-order valence-electron chi connectivity index (χ3n) is 4.05. The highest BCUT2D eigenvalue weighted by molar-refractivity contribution is 5.93. The minimum absolute atomic E-state index is 0.0590. The number of carbonyl (C=O) groups excluding carboxylic acids is 1. The van der Waals surface area contributed by atoms with E-state index in [9.17, 15) is 4.79 Å². The highest BCUT2D eigenvalue weighted by Gasteiger charge is 2.14. The van der Waals surface area contributed by atoms with Gasteiger partial charge in [0, 0.05) is 18.0 Å². The molecule has 2 rings (SSSR count). The summed E-state index contributed by atoms with van der Waals surface area (Å²) in [5.41, 5.74) is 2.71. The first-order chi connectivity index (χ1) is 12.5. The van der Waals surface area contributed by atoms with Crippen molar-refractivity contribution in [1.82, 2.24) is 10.3 Å². The number of rotatable bonds is 8. The molecule has 1 heterocycles. The highest BCUT2D eigenvalue weighted by atomic mass is 16.5. The lowest BCUT2D eigenvalue weighted by atomic mass is 10.1. The quantitative estimate of drug-likeness (QED) is 0.722. The van der Waals surface area contributed by atoms with Crippen LogP contribution in [0.4, 0.5) is 0 Å². The monoisotopic (exact) mass is 354 g/mol. The number of benzene rings is 1. The molecule has 0 aliphatic carbocycles. The van der Waals surface area contributed by atoms with Crippen molar-refractivity contribution in [2.24, 2.45) is 0 Å². The van der Waals surface area contributed by atoms with Crippen LogP contribution in [0.25, 0.3) is 0 Å². The van der Waals surface area contributed by atoms with E-state index in [2.05, 4.69) is 10.3 Å². The molecule has 2 aromatic rings. The van der Waals surface area contributed by atoms with E-state index in [4.69, 9.17) is 9.47 Å². The van der Waals surface area contributed by atoms with Crippen molar-refractivity contribution in [2.45, 2.75) is 39.8 Å². The summed E-state index contributed by atoms with van der Waals surface area (Å²) >= 11 is 0. The number of amides is 1. The SMILES string of the molecule is CCC=C(C)C(=O)NC(C)c1ccc(OCc2ccncc2)c(OC)c1. The van der Waals surface area contributed by atoms with Gasteiger partial charge in [-0.3, -0.25) is 9.78 Å². The van der Waals surface area contributed by atoms with Gasteiger partial charge in [0.1, 0.15) is 6.61 Å². The molecule has 5 nitrogen and oxygen atoms in total. The molecule has 0 aliphatic heterocycles. The summed E-state index contributed by atoms with van der Waals surface area (Å²) in [4.78, 5) is 16.2. The summed E-state index contributed by atoms with van der Waals surface area (Å²) in [5, 5.41) is 3.00. The van der Waals surface area contributed by atoms with Crippen LogP contribution in [0.3, 0.4) is 0 Å². The zero-order valence-electron chi connectivity index (χ0n) is 15.8. The summed E-state index contributed by atoms with van der Waals surface area (Å²) < 4.78 is 11.3. The van der Waals surface area contributed by atoms with Crippen LogP contribution in [0, 0.1) is 0 Å². The van der Waals surface area contributed by atoms with Crippen LogP contribution >= 0.6 is 0 Å². The summed E-state index contributed by atoms with van der Waals surface area (Å²) in [7, 11) is 1.61. The Bertz CT molecular complexity index is 757. The summed E-state index contributed by atoms with van der Waals surface area (Å²) in [6.45, 7) is 6.22. The second kappa shape index (κ2) is 9.61. The molecular formula is C21H26N2O3. The molecule has 1 amide bonds. The number of pyridine rings is 1. The average Bonchev–Trinajstić information content (AvgIpc) is 2.67. The molecule has 26 heavy (non-hydrogen) atoms. The Morgan fingerprint density at radius 2 is 1.96 bits per heavy atom. The topological polar surface area (TPSA) is 60.5 Å². The van der Waals surface area contributed by atoms with Crippen LogP contribution in [-0.4, -0.2) is 18.0 Å². The maximum Gasteiger partial charge on any atom is 0.247 e. The molecule has 0 spiro atoms. The molecule has 1 aromatic carbocycles. The molecular weight excluding hydrogens is 328 g/mol. The van der Waals surface area contributed by atoms with Gasteiger partial charge in [0.2, 0.25) is 5.91 Å². The average molecular weight is 354 g/mol. The fourth-order valence-corrected chi connectivity index (χ4v) is 2.51. The van der Waals surface area contributed by atoms with Crippen LogP contribution in [0.15, 0.2) is 54.4 Å². The molecule has 1 atom stereocenters. The standard InChI is InChI=1S/C21H26N2O3/c1-5-6-15(2)21(24)23-16(3)18-7-8-19(20(13-18)25-4)26-14-17-9-11-22-12-10-17/h6-13,16H,5,14H2,1-4H3,(H,23,24). The van der Waals surface area contributed by atoms with Gasteiger partial charge in [-0.15, -0.1) is 0 Å². The molecule has 0 saturated heterocycles. The fraction of sp³-hybridized carbons (Fsp3) is 0.333. The Kier molecular flexibility index (Phi) is 7.21. The van der Waals surface area contributed by atoms with E-state index in [1.165, 1.54) is 0 Å². The van der Waals surface area contributed by atoms with Gasteiger partial charge in [0.25, 0.3) is 0 Å². The smallest absolute Gasteiger partial charge is 0.247 e. The van der Waals surface area contributed by atoms with E-state index < -0.39 is 0 Å². The highest BCUT2D eigenvalue weighted by Crippen LogP contribution is 2.31. The fourth-order valence-electron chi connectivity index (χ4n) is 2.51. The van der Waals surface area contributed by atoms with Gasteiger partial charge < -0.3 is 14.8 Å². The van der Waals surface area contributed by atoms with Gasteiger partial charge in [-0.2, -0.15) is 0 Å². The van der Waals surface area contributed by atoms with Gasteiger partial charge in [-0.1, -0.05) is 19.1 Å². The maximum atomic E-state index is 12.2. The molecule has 0 aliphatic rings. The number of allylic oxidation sites excluding steroid dienone is 1. The predicted octanol–water partition coefficient (Wildman–Crippen LogP) is 4.20. The van der Waals surface area contributed by atoms with Crippen molar-refractivity contribution < 1.29 is 14.3 Å². The van der Waals surface area contributed by atoms with Crippen molar-refractivity contribution in [3.63, 3.8) is 0 Å². The van der Waals surface area contributed by atoms with Crippen molar-refractivity contribution >= 4 is 5.91 Å². The lowest BCUT2D eigenvalue weighted by Crippen LogP contribution is -2.27. The number of methoxy groups -OCH3 is 1. The van der Waals surface area contributed by atoms with E-state index in [1.807, 2.05) is 57.2 Å². The van der Waals surface area contributed by atoms with E-state index >= 15 is 0 Å². The van der Waals surface area contributed by atoms with Crippen LogP contribution in [0.5, 0.6) is 11.5 Å². The molecule has 138 valence electrons. The van der Waals surface area contributed by atoms with E-state index in [0.717, 1.165) is 23.1 Å². The van der Waals surface area contributed by atoms with Gasteiger partial charge in [0.15, 0.2) is 11.5 Å². The lowest BCUT2D eigenvalue weighted by Gasteiger charge is -2.17. The van der Waals surface area contributed by atoms with Crippen molar-refractivity contribution in [3.05, 3.63) is 65.5 Å². The number of hydrogen-bond donors (Lipinski definition) is 1. The van der Waals surface area contributed by atoms with Gasteiger partial charge in [-0.25, -0.2) is 0 Å². The molecule has 1 unspecified atom stereocenters. The van der Waals surface area contributed by atoms with Crippen molar-refractivity contribution in [3.8, 4) is 11.5 Å². The predicted molar refractivity (Wildman–Crippen MR) is 102 cm³/mol. The Labute approximate surface area is 155 Å². The van der Waals surface area contributed by atoms with E-state index in [0.29, 0.717) is 18.1 Å². The molecule has 0 radical (unpaired) electrons. The van der Waals surface area contributed by atoms with E-state index in [1.54, 1.807) is 19.5 Å². The maximum absolute atomic E-state index is 12.2. The largest absolute Gasteiger partial charge is 0.493 e. The Morgan fingerprint density at radius 1 is 1.23 bits per heavy atom. The molecule has 1 aromatic heterocycles. The molecule has 5 heteroatoms. The number of ether oxygens (including phenoxy) is 2. The number of nitrogens with zero attached hydrogens (tertiary/aromatic N) is 1. The number of carbonyl (C=O) groups is 1. The van der Waals surface area contributed by atoms with Crippen molar-refractivity contribution in [1.29, 1.82) is 0 Å².